The van der Waals surface area contributed by atoms with E-state index in [-0.39, 0.29) is 0 Å². The van der Waals surface area contributed by atoms with Crippen molar-refractivity contribution in [1.29, 1.82) is 0 Å². The summed E-state index contributed by atoms with van der Waals surface area (Å²) in [7, 11) is 1.92. The molecule has 3 atom stereocenters. The number of hydrogen-bond donors (Lipinski definition) is 1. The van der Waals surface area contributed by atoms with Gasteiger partial charge in [-0.2, -0.15) is 5.10 Å². The Labute approximate surface area is 97.5 Å². The summed E-state index contributed by atoms with van der Waals surface area (Å²) in [6.07, 6.45) is 5.81. The second kappa shape index (κ2) is 4.21. The van der Waals surface area contributed by atoms with Gasteiger partial charge in [0.1, 0.15) is 0 Å². The smallest absolute Gasteiger partial charge is 0.0729 e. The lowest BCUT2D eigenvalue weighted by Gasteiger charge is -2.40. The van der Waals surface area contributed by atoms with Gasteiger partial charge in [0.2, 0.25) is 0 Å². The number of hydrogen-bond acceptors (Lipinski definition) is 2. The predicted molar refractivity (Wildman–Crippen MR) is 64.0 cm³/mol. The van der Waals surface area contributed by atoms with E-state index in [9.17, 15) is 5.11 Å². The van der Waals surface area contributed by atoms with Crippen molar-refractivity contribution in [2.24, 2.45) is 18.9 Å². The maximum Gasteiger partial charge on any atom is 0.0729 e. The van der Waals surface area contributed by atoms with Gasteiger partial charge in [0, 0.05) is 19.7 Å². The Morgan fingerprint density at radius 3 is 2.88 bits per heavy atom. The van der Waals surface area contributed by atoms with Gasteiger partial charge < -0.3 is 5.11 Å². The third-order valence-electron chi connectivity index (χ3n) is 4.00. The molecule has 16 heavy (non-hydrogen) atoms. The molecule has 1 aromatic heterocycles. The lowest BCUT2D eigenvalue weighted by Crippen LogP contribution is -2.43. The fourth-order valence-electron chi connectivity index (χ4n) is 2.82. The van der Waals surface area contributed by atoms with E-state index in [1.165, 1.54) is 0 Å². The minimum atomic E-state index is -0.541. The molecule has 3 unspecified atom stereocenters. The molecule has 1 saturated carbocycles. The highest BCUT2D eigenvalue weighted by Gasteiger charge is 2.38. The number of aryl methyl sites for hydroxylation is 1. The summed E-state index contributed by atoms with van der Waals surface area (Å²) in [5.41, 5.74) is 0.465. The summed E-state index contributed by atoms with van der Waals surface area (Å²) in [6, 6.07) is 2.00. The topological polar surface area (TPSA) is 38.0 Å². The van der Waals surface area contributed by atoms with Crippen LogP contribution in [0, 0.1) is 11.8 Å². The Hall–Kier alpha value is -0.830. The zero-order valence-corrected chi connectivity index (χ0v) is 10.5. The van der Waals surface area contributed by atoms with Crippen LogP contribution < -0.4 is 0 Å². The zero-order chi connectivity index (χ0) is 11.8. The summed E-state index contributed by atoms with van der Waals surface area (Å²) < 4.78 is 1.80. The van der Waals surface area contributed by atoms with Gasteiger partial charge in [-0.25, -0.2) is 0 Å². The average molecular weight is 222 g/mol. The van der Waals surface area contributed by atoms with E-state index < -0.39 is 5.60 Å². The van der Waals surface area contributed by atoms with Gasteiger partial charge in [0.05, 0.1) is 11.3 Å². The van der Waals surface area contributed by atoms with Crippen LogP contribution in [-0.2, 0) is 13.5 Å². The van der Waals surface area contributed by atoms with Crippen molar-refractivity contribution in [3.8, 4) is 0 Å². The van der Waals surface area contributed by atoms with Gasteiger partial charge in [-0.1, -0.05) is 13.8 Å². The summed E-state index contributed by atoms with van der Waals surface area (Å²) in [5.74, 6) is 1.12. The molecule has 0 aliphatic heterocycles. The Balaban J connectivity index is 2.07. The maximum absolute atomic E-state index is 10.7. The first-order chi connectivity index (χ1) is 7.49. The second-order valence-corrected chi connectivity index (χ2v) is 5.54. The molecule has 3 heteroatoms. The molecule has 3 nitrogen and oxygen atoms in total. The van der Waals surface area contributed by atoms with Gasteiger partial charge in [-0.3, -0.25) is 4.68 Å². The van der Waals surface area contributed by atoms with Crippen LogP contribution in [-0.4, -0.2) is 20.5 Å². The molecular weight excluding hydrogens is 200 g/mol. The highest BCUT2D eigenvalue weighted by atomic mass is 16.3. The lowest BCUT2D eigenvalue weighted by atomic mass is 9.70. The second-order valence-electron chi connectivity index (χ2n) is 5.54. The first-order valence-corrected chi connectivity index (χ1v) is 6.20. The Morgan fingerprint density at radius 2 is 2.31 bits per heavy atom. The maximum atomic E-state index is 10.7. The molecule has 1 aromatic rings. The van der Waals surface area contributed by atoms with Gasteiger partial charge in [-0.15, -0.1) is 0 Å². The zero-order valence-electron chi connectivity index (χ0n) is 10.5. The third kappa shape index (κ3) is 2.29. The molecule has 1 N–H and O–H groups in total. The van der Waals surface area contributed by atoms with Crippen LogP contribution >= 0.6 is 0 Å². The van der Waals surface area contributed by atoms with Crippen LogP contribution in [0.15, 0.2) is 12.3 Å². The quantitative estimate of drug-likeness (QED) is 0.832. The standard InChI is InChI=1S/C13H22N2O/c1-10-4-6-13(16,11(2)8-10)9-12-5-7-15(3)14-12/h5,7,10-11,16H,4,6,8-9H2,1-3H3. The molecular formula is C13H22N2O. The summed E-state index contributed by atoms with van der Waals surface area (Å²) in [6.45, 7) is 4.44. The van der Waals surface area contributed by atoms with Crippen LogP contribution in [0.25, 0.3) is 0 Å². The van der Waals surface area contributed by atoms with Crippen molar-refractivity contribution in [1.82, 2.24) is 9.78 Å². The molecule has 1 fully saturated rings. The number of rotatable bonds is 2. The number of aliphatic hydroxyl groups is 1. The first-order valence-electron chi connectivity index (χ1n) is 6.20. The average Bonchev–Trinajstić information content (AvgIpc) is 2.59. The molecule has 0 spiro atoms. The number of aromatic nitrogens is 2. The van der Waals surface area contributed by atoms with E-state index in [1.807, 2.05) is 19.3 Å². The largest absolute Gasteiger partial charge is 0.389 e. The molecule has 0 bridgehead atoms. The van der Waals surface area contributed by atoms with Crippen molar-refractivity contribution >= 4 is 0 Å². The van der Waals surface area contributed by atoms with Crippen LogP contribution in [0.5, 0.6) is 0 Å². The van der Waals surface area contributed by atoms with Gasteiger partial charge >= 0.3 is 0 Å². The lowest BCUT2D eigenvalue weighted by molar-refractivity contribution is -0.0529. The van der Waals surface area contributed by atoms with E-state index >= 15 is 0 Å². The fourth-order valence-corrected chi connectivity index (χ4v) is 2.82. The minimum absolute atomic E-state index is 0.373. The van der Waals surface area contributed by atoms with E-state index in [4.69, 9.17) is 0 Å². The van der Waals surface area contributed by atoms with Crippen molar-refractivity contribution in [2.45, 2.75) is 45.1 Å². The van der Waals surface area contributed by atoms with Gasteiger partial charge in [-0.05, 0) is 37.2 Å². The van der Waals surface area contributed by atoms with Crippen LogP contribution in [0.4, 0.5) is 0 Å². The number of nitrogens with zero attached hydrogens (tertiary/aromatic N) is 2. The predicted octanol–water partition coefficient (Wildman–Crippen LogP) is 2.15. The van der Waals surface area contributed by atoms with E-state index in [0.29, 0.717) is 12.3 Å². The van der Waals surface area contributed by atoms with E-state index in [0.717, 1.165) is 30.9 Å². The Kier molecular flexibility index (Phi) is 3.06. The Bertz CT molecular complexity index is 361. The van der Waals surface area contributed by atoms with Crippen LogP contribution in [0.3, 0.4) is 0 Å². The molecule has 0 amide bonds. The SMILES string of the molecule is CC1CCC(O)(Cc2ccn(C)n2)C(C)C1. The van der Waals surface area contributed by atoms with Crippen LogP contribution in [0.1, 0.15) is 38.8 Å². The third-order valence-corrected chi connectivity index (χ3v) is 4.00. The summed E-state index contributed by atoms with van der Waals surface area (Å²) >= 11 is 0. The molecule has 0 aromatic carbocycles. The Morgan fingerprint density at radius 1 is 1.56 bits per heavy atom. The molecule has 0 radical (unpaired) electrons. The van der Waals surface area contributed by atoms with Crippen molar-refractivity contribution in [3.05, 3.63) is 18.0 Å². The summed E-state index contributed by atoms with van der Waals surface area (Å²) in [4.78, 5) is 0. The summed E-state index contributed by atoms with van der Waals surface area (Å²) in [5, 5.41) is 15.0. The molecule has 1 aliphatic rings. The minimum Gasteiger partial charge on any atom is -0.389 e. The highest BCUT2D eigenvalue weighted by molar-refractivity contribution is 5.06. The molecule has 1 heterocycles. The van der Waals surface area contributed by atoms with E-state index in [1.54, 1.807) is 4.68 Å². The normalized spacial score (nSPS) is 35.2. The van der Waals surface area contributed by atoms with Crippen molar-refractivity contribution < 1.29 is 5.11 Å². The van der Waals surface area contributed by atoms with Gasteiger partial charge in [0.15, 0.2) is 0 Å². The molecule has 2 rings (SSSR count). The van der Waals surface area contributed by atoms with Crippen molar-refractivity contribution in [2.75, 3.05) is 0 Å². The molecule has 90 valence electrons. The molecule has 1 aliphatic carbocycles. The van der Waals surface area contributed by atoms with Crippen molar-refractivity contribution in [3.63, 3.8) is 0 Å². The fraction of sp³-hybridized carbons (Fsp3) is 0.769. The monoisotopic (exact) mass is 222 g/mol. The highest BCUT2D eigenvalue weighted by Crippen LogP contribution is 2.38. The van der Waals surface area contributed by atoms with Gasteiger partial charge in [0.25, 0.3) is 0 Å². The first kappa shape index (κ1) is 11.6. The van der Waals surface area contributed by atoms with Crippen LogP contribution in [0.2, 0.25) is 0 Å². The molecule has 0 saturated heterocycles. The van der Waals surface area contributed by atoms with E-state index in [2.05, 4.69) is 18.9 Å².